The molecule has 0 N–H and O–H groups in total. The predicted molar refractivity (Wildman–Crippen MR) is 96.7 cm³/mol. The smallest absolute Gasteiger partial charge is 0.0672 e. The van der Waals surface area contributed by atoms with Gasteiger partial charge in [0.25, 0.3) is 0 Å². The van der Waals surface area contributed by atoms with Crippen LogP contribution >= 0.6 is 18.9 Å². The van der Waals surface area contributed by atoms with E-state index in [4.69, 9.17) is 11.6 Å². The quantitative estimate of drug-likeness (QED) is 0.447. The van der Waals surface area contributed by atoms with Gasteiger partial charge in [0, 0.05) is 0 Å². The predicted octanol–water partition coefficient (Wildman–Crippen LogP) is 6.41. The Labute approximate surface area is 131 Å². The van der Waals surface area contributed by atoms with E-state index in [1.807, 2.05) is 5.62 Å². The summed E-state index contributed by atoms with van der Waals surface area (Å²) < 4.78 is 0. The van der Waals surface area contributed by atoms with Crippen LogP contribution in [0, 0.1) is 5.62 Å². The lowest BCUT2D eigenvalue weighted by atomic mass is 10.0. The fourth-order valence-electron chi connectivity index (χ4n) is 3.23. The molecule has 0 atom stereocenters. The Kier molecular flexibility index (Phi) is 5.37. The molecule has 0 nitrogen and oxygen atoms in total. The molecule has 0 saturated heterocycles. The lowest BCUT2D eigenvalue weighted by Crippen LogP contribution is -2.39. The summed E-state index contributed by atoms with van der Waals surface area (Å²) in [5, 5.41) is 1.74. The van der Waals surface area contributed by atoms with Crippen molar-refractivity contribution in [2.24, 2.45) is 0 Å². The van der Waals surface area contributed by atoms with Crippen molar-refractivity contribution in [3.8, 4) is 0 Å². The number of rotatable bonds is 3. The Balaban J connectivity index is 3.58. The van der Waals surface area contributed by atoms with Gasteiger partial charge in [0.15, 0.2) is 0 Å². The van der Waals surface area contributed by atoms with Crippen LogP contribution in [0.5, 0.6) is 0 Å². The number of hydrogen-bond acceptors (Lipinski definition) is 0. The minimum absolute atomic E-state index is 0.155. The highest BCUT2D eigenvalue weighted by atomic mass is 35.5. The van der Waals surface area contributed by atoms with E-state index in [1.165, 1.54) is 10.9 Å². The highest BCUT2D eigenvalue weighted by molar-refractivity contribution is 7.88. The Hall–Kier alpha value is -0.0600. The Morgan fingerprint density at radius 1 is 1.00 bits per heavy atom. The molecule has 0 spiro atoms. The van der Waals surface area contributed by atoms with Gasteiger partial charge in [0.1, 0.15) is 0 Å². The minimum Gasteiger partial charge on any atom is -0.304 e. The Morgan fingerprint density at radius 2 is 1.50 bits per heavy atom. The van der Waals surface area contributed by atoms with Crippen LogP contribution in [-0.2, 0) is 0 Å². The zero-order valence-electron chi connectivity index (χ0n) is 14.3. The van der Waals surface area contributed by atoms with Gasteiger partial charge in [-0.15, -0.1) is 0 Å². The van der Waals surface area contributed by atoms with Crippen LogP contribution in [0.1, 0.15) is 66.9 Å². The van der Waals surface area contributed by atoms with Gasteiger partial charge in [-0.3, -0.25) is 0 Å². The molecule has 2 heteroatoms. The van der Waals surface area contributed by atoms with Crippen molar-refractivity contribution in [3.05, 3.63) is 35.5 Å². The second kappa shape index (κ2) is 5.98. The van der Waals surface area contributed by atoms with Gasteiger partial charge in [-0.25, -0.2) is 0 Å². The van der Waals surface area contributed by atoms with Crippen LogP contribution in [0.25, 0.3) is 0 Å². The van der Waals surface area contributed by atoms with Gasteiger partial charge < -0.3 is 11.6 Å². The minimum atomic E-state index is -1.62. The highest BCUT2D eigenvalue weighted by Gasteiger charge is 2.52. The first-order valence-corrected chi connectivity index (χ1v) is 9.71. The average molecular weight is 313 g/mol. The van der Waals surface area contributed by atoms with Crippen molar-refractivity contribution in [1.82, 2.24) is 0 Å². The molecule has 0 amide bonds. The van der Waals surface area contributed by atoms with E-state index in [9.17, 15) is 0 Å². The lowest BCUT2D eigenvalue weighted by molar-refractivity contribution is 0.701. The largest absolute Gasteiger partial charge is 0.304 e. The normalized spacial score (nSPS) is 13.9. The number of hydrogen-bond donors (Lipinski definition) is 0. The highest BCUT2D eigenvalue weighted by Crippen LogP contribution is 2.78. The molecule has 1 rings (SSSR count). The summed E-state index contributed by atoms with van der Waals surface area (Å²) in [6.07, 6.45) is 0. The van der Waals surface area contributed by atoms with Crippen molar-refractivity contribution in [1.29, 1.82) is 0 Å². The topological polar surface area (TPSA) is 0 Å². The number of benzene rings is 1. The van der Waals surface area contributed by atoms with Crippen molar-refractivity contribution in [2.45, 2.75) is 71.6 Å². The zero-order valence-corrected chi connectivity index (χ0v) is 15.9. The molecule has 1 aromatic rings. The van der Waals surface area contributed by atoms with Gasteiger partial charge in [0.2, 0.25) is 0 Å². The molecule has 0 aliphatic carbocycles. The standard InChI is InChI=1S/C18H30ClP/c1-14(2)15-10-9-11-16(12-15)20(13-19,17(3,4)5)18(6,7)8/h9-14H,1-8H3. The molecule has 0 bridgehead atoms. The van der Waals surface area contributed by atoms with E-state index in [1.54, 1.807) is 0 Å². The van der Waals surface area contributed by atoms with Gasteiger partial charge in [0.05, 0.1) is 15.6 Å². The molecule has 0 aliphatic heterocycles. The van der Waals surface area contributed by atoms with Crippen LogP contribution in [0.4, 0.5) is 0 Å². The third-order valence-electron chi connectivity index (χ3n) is 4.21. The van der Waals surface area contributed by atoms with Crippen molar-refractivity contribution in [3.63, 3.8) is 0 Å². The van der Waals surface area contributed by atoms with Crippen LogP contribution in [0.3, 0.4) is 0 Å². The molecular formula is C18H30ClP. The maximum atomic E-state index is 6.48. The van der Waals surface area contributed by atoms with Crippen LogP contribution < -0.4 is 5.30 Å². The summed E-state index contributed by atoms with van der Waals surface area (Å²) in [5.74, 6) is 0.548. The van der Waals surface area contributed by atoms with Gasteiger partial charge in [-0.2, -0.15) is 0 Å². The number of halogens is 1. The van der Waals surface area contributed by atoms with E-state index >= 15 is 0 Å². The monoisotopic (exact) mass is 312 g/mol. The van der Waals surface area contributed by atoms with Gasteiger partial charge >= 0.3 is 0 Å². The molecular weight excluding hydrogens is 283 g/mol. The molecule has 0 heterocycles. The summed E-state index contributed by atoms with van der Waals surface area (Å²) >= 11 is 6.48. The zero-order chi connectivity index (χ0) is 15.8. The molecule has 0 unspecified atom stereocenters. The molecule has 0 aromatic heterocycles. The Morgan fingerprint density at radius 3 is 1.85 bits per heavy atom. The van der Waals surface area contributed by atoms with E-state index in [0.717, 1.165) is 0 Å². The Bertz CT molecular complexity index is 435. The lowest BCUT2D eigenvalue weighted by Gasteiger charge is -2.52. The van der Waals surface area contributed by atoms with E-state index in [2.05, 4.69) is 79.7 Å². The summed E-state index contributed by atoms with van der Waals surface area (Å²) in [4.78, 5) is 0. The molecule has 0 saturated carbocycles. The first kappa shape index (κ1) is 18.0. The molecule has 0 aliphatic rings. The van der Waals surface area contributed by atoms with Crippen LogP contribution in [0.15, 0.2) is 24.3 Å². The van der Waals surface area contributed by atoms with Crippen LogP contribution in [0.2, 0.25) is 0 Å². The first-order chi connectivity index (χ1) is 8.97. The summed E-state index contributed by atoms with van der Waals surface area (Å²) in [6, 6.07) is 9.07. The van der Waals surface area contributed by atoms with E-state index in [0.29, 0.717) is 5.92 Å². The molecule has 1 aromatic carbocycles. The fourth-order valence-corrected chi connectivity index (χ4v) is 10.3. The third-order valence-corrected chi connectivity index (χ3v) is 10.7. The second-order valence-electron chi connectivity index (χ2n) is 7.91. The molecule has 0 radical (unpaired) electrons. The third kappa shape index (κ3) is 3.07. The summed E-state index contributed by atoms with van der Waals surface area (Å²) in [7, 11) is -1.62. The van der Waals surface area contributed by atoms with Crippen molar-refractivity contribution in [2.75, 3.05) is 0 Å². The summed E-state index contributed by atoms with van der Waals surface area (Å²) in [6.45, 7) is 18.5. The SMILES string of the molecule is CC(C)c1cccc([P+]([CH-]Cl)(C(C)(C)C)C(C)(C)C)c1. The van der Waals surface area contributed by atoms with Crippen molar-refractivity contribution < 1.29 is 0 Å². The van der Waals surface area contributed by atoms with Gasteiger partial charge in [-0.1, -0.05) is 38.9 Å². The summed E-state index contributed by atoms with van der Waals surface area (Å²) in [5.41, 5.74) is 3.41. The fraction of sp³-hybridized carbons (Fsp3) is 0.611. The molecule has 0 fully saturated rings. The molecule has 20 heavy (non-hydrogen) atoms. The maximum absolute atomic E-state index is 6.48. The van der Waals surface area contributed by atoms with E-state index in [-0.39, 0.29) is 10.3 Å². The maximum Gasteiger partial charge on any atom is 0.0672 e. The first-order valence-electron chi connectivity index (χ1n) is 7.41. The van der Waals surface area contributed by atoms with Crippen LogP contribution in [-0.4, -0.2) is 10.3 Å². The van der Waals surface area contributed by atoms with Crippen molar-refractivity contribution >= 4 is 24.2 Å². The average Bonchev–Trinajstić information content (AvgIpc) is 2.27. The second-order valence-corrected chi connectivity index (χ2v) is 13.3. The van der Waals surface area contributed by atoms with Gasteiger partial charge in [-0.05, 0) is 65.2 Å². The molecule has 114 valence electrons. The van der Waals surface area contributed by atoms with E-state index < -0.39 is 7.26 Å².